The fourth-order valence-corrected chi connectivity index (χ4v) is 9.49. The molecule has 2 aliphatic rings. The standard InChI is InChI=1S/C57H65N9O9/c1-38(62-55(67)42-11-9-40(10-12-42)41-13-15-45(58)16-14-41)49-34-54(64-39(2)63-49)66-51-8-4-3-6-43(51)32-52(66)56(68)60-22-23-69-24-25-70-26-27-71-28-29-72-30-31-73-48-18-17-46(61-36-48)37-74-47-19-20-53-50(33-47)65-57(75-53)44-7-5-21-59-35-44/h5,7,9-21,33-36,38,43,51-52H,3-4,6,8,22-32,37,58H2,1-2H3,(H,60,68)(H,62,67)/t38-,43-,51-,52-/m0/s1. The molecule has 0 unspecified atom stereocenters. The Morgan fingerprint density at radius 2 is 1.45 bits per heavy atom. The zero-order valence-corrected chi connectivity index (χ0v) is 42.5. The number of rotatable bonds is 26. The van der Waals surface area contributed by atoms with E-state index in [0.29, 0.717) is 129 Å². The summed E-state index contributed by atoms with van der Waals surface area (Å²) in [4.78, 5) is 52.2. The number of nitrogens with zero attached hydrogens (tertiary/aromatic N) is 6. The van der Waals surface area contributed by atoms with E-state index >= 15 is 0 Å². The van der Waals surface area contributed by atoms with E-state index in [0.717, 1.165) is 54.5 Å². The summed E-state index contributed by atoms with van der Waals surface area (Å²) in [6.45, 7) is 8.11. The van der Waals surface area contributed by atoms with E-state index in [2.05, 4.69) is 30.5 Å². The van der Waals surface area contributed by atoms with E-state index in [1.807, 2.05) is 111 Å². The molecule has 1 aliphatic heterocycles. The summed E-state index contributed by atoms with van der Waals surface area (Å²) in [5.74, 6) is 3.27. The lowest BCUT2D eigenvalue weighted by Gasteiger charge is -2.35. The summed E-state index contributed by atoms with van der Waals surface area (Å²) in [5.41, 5.74) is 12.7. The highest BCUT2D eigenvalue weighted by Crippen LogP contribution is 2.42. The number of nitrogens with one attached hydrogen (secondary N) is 2. The molecule has 392 valence electrons. The van der Waals surface area contributed by atoms with E-state index in [4.69, 9.17) is 48.5 Å². The number of amides is 2. The Morgan fingerprint density at radius 3 is 2.17 bits per heavy atom. The van der Waals surface area contributed by atoms with Gasteiger partial charge in [0.05, 0.1) is 82.0 Å². The van der Waals surface area contributed by atoms with Gasteiger partial charge in [-0.05, 0) is 111 Å². The Morgan fingerprint density at radius 1 is 0.747 bits per heavy atom. The number of carbonyl (C=O) groups is 2. The number of oxazole rings is 1. The minimum absolute atomic E-state index is 0.0405. The fraction of sp³-hybridized carbons (Fsp3) is 0.386. The maximum atomic E-state index is 13.8. The number of nitrogens with two attached hydrogens (primary N) is 1. The van der Waals surface area contributed by atoms with Gasteiger partial charge in [0.1, 0.15) is 47.9 Å². The van der Waals surface area contributed by atoms with Gasteiger partial charge in [0.15, 0.2) is 5.58 Å². The topological polar surface area (TPSA) is 220 Å². The minimum Gasteiger partial charge on any atom is -0.490 e. The highest BCUT2D eigenvalue weighted by molar-refractivity contribution is 5.95. The molecule has 4 aromatic heterocycles. The Balaban J connectivity index is 0.612. The lowest BCUT2D eigenvalue weighted by molar-refractivity contribution is -0.122. The van der Waals surface area contributed by atoms with Crippen molar-refractivity contribution in [3.63, 3.8) is 0 Å². The van der Waals surface area contributed by atoms with Crippen molar-refractivity contribution < 1.29 is 42.4 Å². The van der Waals surface area contributed by atoms with Crippen molar-refractivity contribution in [3.8, 4) is 34.1 Å². The second-order valence-electron chi connectivity index (χ2n) is 18.6. The molecule has 1 aliphatic carbocycles. The number of nitrogen functional groups attached to an aromatic ring is 1. The number of anilines is 2. The summed E-state index contributed by atoms with van der Waals surface area (Å²) < 4.78 is 40.3. The number of aryl methyl sites for hydroxylation is 1. The number of ether oxygens (including phenoxy) is 6. The lowest BCUT2D eigenvalue weighted by atomic mass is 9.84. The van der Waals surface area contributed by atoms with Crippen molar-refractivity contribution in [1.29, 1.82) is 0 Å². The van der Waals surface area contributed by atoms with Gasteiger partial charge in [-0.3, -0.25) is 19.6 Å². The first-order valence-corrected chi connectivity index (χ1v) is 25.7. The molecule has 4 N–H and O–H groups in total. The average Bonchev–Trinajstić information content (AvgIpc) is 4.06. The predicted octanol–water partition coefficient (Wildman–Crippen LogP) is 8.10. The summed E-state index contributed by atoms with van der Waals surface area (Å²) in [6, 6.07) is 29.5. The van der Waals surface area contributed by atoms with Gasteiger partial charge in [-0.15, -0.1) is 0 Å². The third kappa shape index (κ3) is 14.4. The van der Waals surface area contributed by atoms with E-state index in [1.54, 1.807) is 18.6 Å². The van der Waals surface area contributed by atoms with Gasteiger partial charge in [-0.25, -0.2) is 15.0 Å². The van der Waals surface area contributed by atoms with Crippen molar-refractivity contribution in [1.82, 2.24) is 35.6 Å². The maximum Gasteiger partial charge on any atom is 0.251 e. The van der Waals surface area contributed by atoms with Crippen molar-refractivity contribution >= 4 is 34.4 Å². The van der Waals surface area contributed by atoms with Gasteiger partial charge in [-0.1, -0.05) is 37.1 Å². The second kappa shape index (κ2) is 26.1. The molecule has 18 nitrogen and oxygen atoms in total. The lowest BCUT2D eigenvalue weighted by Crippen LogP contribution is -2.48. The summed E-state index contributed by atoms with van der Waals surface area (Å²) in [7, 11) is 0. The van der Waals surface area contributed by atoms with Crippen molar-refractivity contribution in [2.45, 2.75) is 70.7 Å². The zero-order valence-electron chi connectivity index (χ0n) is 42.5. The third-order valence-corrected chi connectivity index (χ3v) is 13.3. The first-order chi connectivity index (χ1) is 36.7. The van der Waals surface area contributed by atoms with Crippen LogP contribution in [0.4, 0.5) is 11.5 Å². The number of benzene rings is 3. The molecule has 7 aromatic rings. The average molecular weight is 1020 g/mol. The van der Waals surface area contributed by atoms with E-state index in [9.17, 15) is 9.59 Å². The van der Waals surface area contributed by atoms with Crippen LogP contribution in [0.25, 0.3) is 33.7 Å². The highest BCUT2D eigenvalue weighted by Gasteiger charge is 2.46. The van der Waals surface area contributed by atoms with Gasteiger partial charge in [0.2, 0.25) is 11.8 Å². The molecule has 1 saturated heterocycles. The number of aromatic nitrogens is 5. The molecule has 9 rings (SSSR count). The molecule has 75 heavy (non-hydrogen) atoms. The summed E-state index contributed by atoms with van der Waals surface area (Å²) in [5, 5.41) is 6.23. The van der Waals surface area contributed by atoms with Crippen molar-refractivity contribution in [3.05, 3.63) is 138 Å². The number of pyridine rings is 2. The van der Waals surface area contributed by atoms with Gasteiger partial charge in [-0.2, -0.15) is 0 Å². The van der Waals surface area contributed by atoms with Gasteiger partial charge in [0.25, 0.3) is 5.91 Å². The summed E-state index contributed by atoms with van der Waals surface area (Å²) in [6.07, 6.45) is 10.2. The number of carbonyl (C=O) groups excluding carboxylic acids is 2. The Bertz CT molecular complexity index is 2930. The van der Waals surface area contributed by atoms with Crippen LogP contribution < -0.4 is 30.7 Å². The largest absolute Gasteiger partial charge is 0.490 e. The smallest absolute Gasteiger partial charge is 0.251 e. The second-order valence-corrected chi connectivity index (χ2v) is 18.6. The van der Waals surface area contributed by atoms with Crippen LogP contribution in [0.3, 0.4) is 0 Å². The normalized spacial score (nSPS) is 16.6. The molecule has 0 radical (unpaired) electrons. The van der Waals surface area contributed by atoms with Crippen LogP contribution in [0.1, 0.15) is 72.6 Å². The van der Waals surface area contributed by atoms with Crippen molar-refractivity contribution in [2.75, 3.05) is 76.6 Å². The zero-order chi connectivity index (χ0) is 51.8. The monoisotopic (exact) mass is 1020 g/mol. The minimum atomic E-state index is -0.397. The molecule has 3 aromatic carbocycles. The van der Waals surface area contributed by atoms with Crippen LogP contribution in [0.5, 0.6) is 11.5 Å². The number of fused-ring (bicyclic) bond motifs is 2. The first kappa shape index (κ1) is 52.4. The van der Waals surface area contributed by atoms with E-state index in [-0.39, 0.29) is 30.5 Å². The summed E-state index contributed by atoms with van der Waals surface area (Å²) >= 11 is 0. The molecule has 0 bridgehead atoms. The van der Waals surface area contributed by atoms with Crippen LogP contribution in [0, 0.1) is 12.8 Å². The molecule has 2 amide bonds. The van der Waals surface area contributed by atoms with Crippen molar-refractivity contribution in [2.24, 2.45) is 5.92 Å². The Hall–Kier alpha value is -7.51. The van der Waals surface area contributed by atoms with E-state index in [1.165, 1.54) is 0 Å². The van der Waals surface area contributed by atoms with E-state index < -0.39 is 6.04 Å². The molecular weight excluding hydrogens is 955 g/mol. The molecule has 4 atom stereocenters. The van der Waals surface area contributed by atoms with Crippen LogP contribution in [-0.2, 0) is 30.3 Å². The van der Waals surface area contributed by atoms with Gasteiger partial charge >= 0.3 is 0 Å². The molecule has 1 saturated carbocycles. The SMILES string of the molecule is Cc1nc([C@H](C)NC(=O)c2ccc(-c3ccc(N)cc3)cc2)cc(N2[C@H](C(=O)NCCOCCOCCOCCOCCOc3ccc(COc4ccc5oc(-c6cccnc6)nc5c4)nc3)C[C@@H]3CCCC[C@@H]32)n1. The molecule has 18 heteroatoms. The van der Waals surface area contributed by atoms with Crippen LogP contribution in [0.2, 0.25) is 0 Å². The molecule has 5 heterocycles. The first-order valence-electron chi connectivity index (χ1n) is 25.7. The highest BCUT2D eigenvalue weighted by atomic mass is 16.6. The van der Waals surface area contributed by atoms with Crippen LogP contribution >= 0.6 is 0 Å². The Kier molecular flexibility index (Phi) is 18.2. The van der Waals surface area contributed by atoms with Gasteiger partial charge in [0, 0.05) is 48.4 Å². The molecule has 0 spiro atoms. The molecule has 2 fully saturated rings. The van der Waals surface area contributed by atoms with Gasteiger partial charge < -0.3 is 54.1 Å². The fourth-order valence-electron chi connectivity index (χ4n) is 9.49. The predicted molar refractivity (Wildman–Crippen MR) is 283 cm³/mol. The Labute approximate surface area is 436 Å². The van der Waals surface area contributed by atoms with Crippen LogP contribution in [0.15, 0.2) is 120 Å². The number of hydrogen-bond donors (Lipinski definition) is 3. The maximum absolute atomic E-state index is 13.8. The van der Waals surface area contributed by atoms with Crippen LogP contribution in [-0.4, -0.2) is 115 Å². The molecular formula is C57H65N9O9. The third-order valence-electron chi connectivity index (χ3n) is 13.3. The quantitative estimate of drug-likeness (QED) is 0.0345. The number of hydrogen-bond acceptors (Lipinski definition) is 16.